The Morgan fingerprint density at radius 1 is 1.24 bits per heavy atom. The Morgan fingerprint density at radius 2 is 1.95 bits per heavy atom. The highest BCUT2D eigenvalue weighted by molar-refractivity contribution is 6.31. The summed E-state index contributed by atoms with van der Waals surface area (Å²) in [5, 5.41) is 11.7. The highest BCUT2D eigenvalue weighted by Crippen LogP contribution is 2.28. The van der Waals surface area contributed by atoms with Crippen LogP contribution in [0, 0.1) is 11.6 Å². The maximum atomic E-state index is 13.6. The molecule has 0 amide bonds. The van der Waals surface area contributed by atoms with E-state index < -0.39 is 23.2 Å². The Morgan fingerprint density at radius 3 is 2.57 bits per heavy atom. The van der Waals surface area contributed by atoms with E-state index in [9.17, 15) is 13.6 Å². The van der Waals surface area contributed by atoms with Crippen LogP contribution in [0.4, 0.5) is 14.5 Å². The van der Waals surface area contributed by atoms with Crippen molar-refractivity contribution in [2.75, 3.05) is 5.32 Å². The number of rotatable bonds is 4. The summed E-state index contributed by atoms with van der Waals surface area (Å²) in [7, 11) is 0. The second kappa shape index (κ2) is 6.10. The maximum absolute atomic E-state index is 13.6. The van der Waals surface area contributed by atoms with E-state index in [4.69, 9.17) is 16.7 Å². The van der Waals surface area contributed by atoms with Crippen molar-refractivity contribution in [2.24, 2.45) is 0 Å². The van der Waals surface area contributed by atoms with Crippen LogP contribution in [0.2, 0.25) is 5.02 Å². The summed E-state index contributed by atoms with van der Waals surface area (Å²) in [4.78, 5) is 10.7. The molecule has 0 saturated heterocycles. The summed E-state index contributed by atoms with van der Waals surface area (Å²) < 4.78 is 27.0. The average molecular weight is 312 g/mol. The topological polar surface area (TPSA) is 49.3 Å². The van der Waals surface area contributed by atoms with Gasteiger partial charge in [0.05, 0.1) is 16.6 Å². The van der Waals surface area contributed by atoms with Gasteiger partial charge in [-0.3, -0.25) is 0 Å². The Balaban J connectivity index is 2.24. The number of anilines is 1. The Labute approximate surface area is 125 Å². The number of carboxylic acids is 1. The van der Waals surface area contributed by atoms with Crippen LogP contribution in [0.1, 0.15) is 28.9 Å². The normalized spacial score (nSPS) is 12.0. The molecule has 0 aliphatic rings. The molecule has 0 aliphatic heterocycles. The van der Waals surface area contributed by atoms with Gasteiger partial charge < -0.3 is 10.4 Å². The van der Waals surface area contributed by atoms with Gasteiger partial charge in [-0.2, -0.15) is 0 Å². The van der Waals surface area contributed by atoms with Gasteiger partial charge in [-0.15, -0.1) is 0 Å². The first-order valence-electron chi connectivity index (χ1n) is 6.13. The number of hydrogen-bond donors (Lipinski definition) is 2. The highest BCUT2D eigenvalue weighted by Gasteiger charge is 2.14. The van der Waals surface area contributed by atoms with Gasteiger partial charge in [0.2, 0.25) is 0 Å². The molecular formula is C15H12ClF2NO2. The van der Waals surface area contributed by atoms with Crippen LogP contribution in [-0.4, -0.2) is 11.1 Å². The third kappa shape index (κ3) is 3.31. The molecule has 0 bridgehead atoms. The zero-order chi connectivity index (χ0) is 15.6. The number of carboxylic acid groups (broad SMARTS) is 1. The minimum absolute atomic E-state index is 0.000119. The quantitative estimate of drug-likeness (QED) is 0.874. The van der Waals surface area contributed by atoms with Gasteiger partial charge in [0.1, 0.15) is 11.6 Å². The molecule has 1 atom stereocenters. The number of carbonyl (C=O) groups is 1. The minimum Gasteiger partial charge on any atom is -0.478 e. The van der Waals surface area contributed by atoms with Crippen molar-refractivity contribution in [3.63, 3.8) is 0 Å². The number of aromatic carboxylic acids is 1. The second-order valence-corrected chi connectivity index (χ2v) is 4.89. The summed E-state index contributed by atoms with van der Waals surface area (Å²) >= 11 is 5.89. The number of benzene rings is 2. The molecule has 0 aliphatic carbocycles. The Kier molecular flexibility index (Phi) is 4.43. The van der Waals surface area contributed by atoms with Crippen molar-refractivity contribution < 1.29 is 18.7 Å². The summed E-state index contributed by atoms with van der Waals surface area (Å²) in [5.74, 6) is -2.71. The summed E-state index contributed by atoms with van der Waals surface area (Å²) in [6.45, 7) is 1.74. The lowest BCUT2D eigenvalue weighted by Crippen LogP contribution is -2.09. The number of halogens is 3. The summed E-state index contributed by atoms with van der Waals surface area (Å²) in [6.07, 6.45) is 0. The molecule has 0 heterocycles. The summed E-state index contributed by atoms with van der Waals surface area (Å²) in [6, 6.07) is 7.75. The second-order valence-electron chi connectivity index (χ2n) is 4.51. The van der Waals surface area contributed by atoms with Crippen molar-refractivity contribution in [3.8, 4) is 0 Å². The van der Waals surface area contributed by atoms with Crippen LogP contribution >= 0.6 is 11.6 Å². The van der Waals surface area contributed by atoms with Crippen LogP contribution in [0.5, 0.6) is 0 Å². The average Bonchev–Trinajstić information content (AvgIpc) is 2.41. The molecular weight excluding hydrogens is 300 g/mol. The highest BCUT2D eigenvalue weighted by atomic mass is 35.5. The molecule has 0 saturated carbocycles. The molecule has 110 valence electrons. The SMILES string of the molecule is CC(Nc1ccc(C(=O)O)c(F)c1)c1cccc(F)c1Cl. The predicted molar refractivity (Wildman–Crippen MR) is 76.8 cm³/mol. The number of hydrogen-bond acceptors (Lipinski definition) is 2. The lowest BCUT2D eigenvalue weighted by atomic mass is 10.1. The van der Waals surface area contributed by atoms with Crippen molar-refractivity contribution in [2.45, 2.75) is 13.0 Å². The predicted octanol–water partition coefficient (Wildman–Crippen LogP) is 4.49. The first-order valence-corrected chi connectivity index (χ1v) is 6.51. The molecule has 2 rings (SSSR count). The van der Waals surface area contributed by atoms with E-state index in [1.807, 2.05) is 0 Å². The minimum atomic E-state index is -1.33. The molecule has 6 heteroatoms. The van der Waals surface area contributed by atoms with E-state index >= 15 is 0 Å². The lowest BCUT2D eigenvalue weighted by Gasteiger charge is -2.17. The monoisotopic (exact) mass is 311 g/mol. The Bertz CT molecular complexity index is 691. The fraction of sp³-hybridized carbons (Fsp3) is 0.133. The van der Waals surface area contributed by atoms with E-state index in [2.05, 4.69) is 5.32 Å². The van der Waals surface area contributed by atoms with Crippen LogP contribution in [0.15, 0.2) is 36.4 Å². The summed E-state index contributed by atoms with van der Waals surface area (Å²) in [5.41, 5.74) is 0.502. The van der Waals surface area contributed by atoms with Gasteiger partial charge >= 0.3 is 5.97 Å². The molecule has 0 aromatic heterocycles. The molecule has 0 radical (unpaired) electrons. The van der Waals surface area contributed by atoms with Crippen molar-refractivity contribution in [1.82, 2.24) is 0 Å². The molecule has 1 unspecified atom stereocenters. The van der Waals surface area contributed by atoms with Gasteiger partial charge in [-0.05, 0) is 36.8 Å². The van der Waals surface area contributed by atoms with E-state index in [1.165, 1.54) is 24.3 Å². The first kappa shape index (κ1) is 15.3. The van der Waals surface area contributed by atoms with Crippen LogP contribution in [0.3, 0.4) is 0 Å². The third-order valence-corrected chi connectivity index (χ3v) is 3.43. The fourth-order valence-corrected chi connectivity index (χ4v) is 2.25. The van der Waals surface area contributed by atoms with Gasteiger partial charge in [0.15, 0.2) is 0 Å². The third-order valence-electron chi connectivity index (χ3n) is 3.03. The zero-order valence-corrected chi connectivity index (χ0v) is 11.8. The molecule has 3 nitrogen and oxygen atoms in total. The van der Waals surface area contributed by atoms with Crippen molar-refractivity contribution in [1.29, 1.82) is 0 Å². The zero-order valence-electron chi connectivity index (χ0n) is 11.0. The van der Waals surface area contributed by atoms with Crippen LogP contribution in [-0.2, 0) is 0 Å². The van der Waals surface area contributed by atoms with Crippen molar-refractivity contribution >= 4 is 23.3 Å². The molecule has 2 aromatic carbocycles. The van der Waals surface area contributed by atoms with E-state index in [0.29, 0.717) is 11.3 Å². The fourth-order valence-electron chi connectivity index (χ4n) is 1.96. The van der Waals surface area contributed by atoms with Gasteiger partial charge in [-0.1, -0.05) is 23.7 Å². The Hall–Kier alpha value is -2.14. The standard InChI is InChI=1S/C15H12ClF2NO2/c1-8(10-3-2-4-12(17)14(10)16)19-9-5-6-11(15(20)21)13(18)7-9/h2-8,19H,1H3,(H,20,21). The van der Waals surface area contributed by atoms with Crippen molar-refractivity contribution in [3.05, 3.63) is 64.2 Å². The van der Waals surface area contributed by atoms with Crippen LogP contribution in [0.25, 0.3) is 0 Å². The van der Waals surface area contributed by atoms with Gasteiger partial charge in [0.25, 0.3) is 0 Å². The number of nitrogens with one attached hydrogen (secondary N) is 1. The van der Waals surface area contributed by atoms with E-state index in [0.717, 1.165) is 6.07 Å². The van der Waals surface area contributed by atoms with Gasteiger partial charge in [0, 0.05) is 5.69 Å². The van der Waals surface area contributed by atoms with Gasteiger partial charge in [-0.25, -0.2) is 13.6 Å². The first-order chi connectivity index (χ1) is 9.90. The molecule has 2 aromatic rings. The molecule has 2 N–H and O–H groups in total. The largest absolute Gasteiger partial charge is 0.478 e. The maximum Gasteiger partial charge on any atom is 0.338 e. The molecule has 0 fully saturated rings. The smallest absolute Gasteiger partial charge is 0.338 e. The molecule has 21 heavy (non-hydrogen) atoms. The van der Waals surface area contributed by atoms with E-state index in [-0.39, 0.29) is 11.1 Å². The van der Waals surface area contributed by atoms with Crippen LogP contribution < -0.4 is 5.32 Å². The lowest BCUT2D eigenvalue weighted by molar-refractivity contribution is 0.0692. The molecule has 0 spiro atoms. The van der Waals surface area contributed by atoms with E-state index in [1.54, 1.807) is 13.0 Å².